The maximum atomic E-state index is 12.9. The predicted molar refractivity (Wildman–Crippen MR) is 126 cm³/mol. The molecule has 2 unspecified atom stereocenters. The predicted octanol–water partition coefficient (Wildman–Crippen LogP) is 5.33. The number of rotatable bonds is 6. The first-order valence-electron chi connectivity index (χ1n) is 11.1. The van der Waals surface area contributed by atoms with Gasteiger partial charge in [0.25, 0.3) is 5.91 Å². The van der Waals surface area contributed by atoms with Crippen LogP contribution in [0.15, 0.2) is 34.6 Å². The zero-order valence-corrected chi connectivity index (χ0v) is 20.7. The topological polar surface area (TPSA) is 98.9 Å². The summed E-state index contributed by atoms with van der Waals surface area (Å²) in [6.07, 6.45) is 0.304. The van der Waals surface area contributed by atoms with Crippen molar-refractivity contribution >= 4 is 23.2 Å². The summed E-state index contributed by atoms with van der Waals surface area (Å²) in [5.41, 5.74) is 3.38. The summed E-state index contributed by atoms with van der Waals surface area (Å²) in [5.74, 6) is -0.293. The summed E-state index contributed by atoms with van der Waals surface area (Å²) in [5, 5.41) is 20.5. The Morgan fingerprint density at radius 1 is 1.19 bits per heavy atom. The van der Waals surface area contributed by atoms with Crippen molar-refractivity contribution in [3.63, 3.8) is 0 Å². The molecule has 0 aromatic heterocycles. The third-order valence-electron chi connectivity index (χ3n) is 6.48. The molecule has 174 valence electrons. The molecule has 0 spiro atoms. The van der Waals surface area contributed by atoms with Gasteiger partial charge < -0.3 is 10.1 Å². The van der Waals surface area contributed by atoms with Crippen LogP contribution in [-0.4, -0.2) is 35.1 Å². The van der Waals surface area contributed by atoms with Crippen molar-refractivity contribution < 1.29 is 9.53 Å². The summed E-state index contributed by atoms with van der Waals surface area (Å²) in [7, 11) is 0. The minimum absolute atomic E-state index is 0.0831. The summed E-state index contributed by atoms with van der Waals surface area (Å²) in [4.78, 5) is 12.9. The molecule has 1 aromatic carbocycles. The number of benzene rings is 1. The van der Waals surface area contributed by atoms with Crippen LogP contribution in [0.25, 0.3) is 0 Å². The fourth-order valence-electron chi connectivity index (χ4n) is 5.02. The molecule has 0 radical (unpaired) electrons. The Morgan fingerprint density at radius 3 is 2.28 bits per heavy atom. The minimum atomic E-state index is -0.291. The molecule has 0 saturated heterocycles. The van der Waals surface area contributed by atoms with Crippen LogP contribution < -0.4 is 10.7 Å². The largest absolute Gasteiger partial charge is 0.371 e. The molecule has 2 aliphatic rings. The Kier molecular flexibility index (Phi) is 6.61. The van der Waals surface area contributed by atoms with Crippen molar-refractivity contribution in [2.75, 3.05) is 5.43 Å². The smallest absolute Gasteiger partial charge is 0.251 e. The number of nitrogens with zero attached hydrogens (tertiary/aromatic N) is 3. The number of carbonyl (C=O) groups is 1. The molecular weight excluding hydrogens is 426 g/mol. The van der Waals surface area contributed by atoms with Crippen LogP contribution in [0.1, 0.15) is 65.2 Å². The van der Waals surface area contributed by atoms with Gasteiger partial charge in [0.2, 0.25) is 0 Å². The lowest BCUT2D eigenvalue weighted by Crippen LogP contribution is -2.75. The van der Waals surface area contributed by atoms with Gasteiger partial charge >= 0.3 is 0 Å². The molecule has 8 heteroatoms. The standard InChI is InChI=1S/C24H34ClN5O2/c1-22(2,3)29-30-28-16-10-8-14(9-11-16)19(31)27-20-23(4,5)21(24(20,6)7)32-18-15(13-26)12-17(18)25/h8-11,15,17-18,20-21H,12H2,1-7H3,(H,27,31)(H,28,29)/t15?,17?,18-,20?,21?/m0/s1. The zero-order chi connectivity index (χ0) is 23.9. The van der Waals surface area contributed by atoms with Crippen LogP contribution in [0.5, 0.6) is 0 Å². The van der Waals surface area contributed by atoms with E-state index in [1.165, 1.54) is 0 Å². The molecule has 1 amide bonds. The van der Waals surface area contributed by atoms with Gasteiger partial charge in [0.05, 0.1) is 40.8 Å². The molecule has 2 saturated carbocycles. The first kappa shape index (κ1) is 24.5. The highest BCUT2D eigenvalue weighted by Gasteiger charge is 2.64. The maximum absolute atomic E-state index is 12.9. The van der Waals surface area contributed by atoms with Gasteiger partial charge in [0.15, 0.2) is 0 Å². The summed E-state index contributed by atoms with van der Waals surface area (Å²) < 4.78 is 6.33. The number of halogens is 1. The van der Waals surface area contributed by atoms with Crippen LogP contribution >= 0.6 is 11.6 Å². The number of hydrogen-bond acceptors (Lipinski definition) is 5. The van der Waals surface area contributed by atoms with E-state index in [9.17, 15) is 10.1 Å². The summed E-state index contributed by atoms with van der Waals surface area (Å²) in [6.45, 7) is 14.2. The molecule has 1 aromatic rings. The molecular formula is C24H34ClN5O2. The molecule has 2 N–H and O–H groups in total. The highest BCUT2D eigenvalue weighted by molar-refractivity contribution is 6.21. The van der Waals surface area contributed by atoms with Gasteiger partial charge in [-0.05, 0) is 51.5 Å². The average molecular weight is 460 g/mol. The second-order valence-corrected chi connectivity index (χ2v) is 11.6. The number of hydrogen-bond donors (Lipinski definition) is 2. The van der Waals surface area contributed by atoms with E-state index in [1.807, 2.05) is 20.8 Å². The van der Waals surface area contributed by atoms with Gasteiger partial charge in [0, 0.05) is 22.4 Å². The van der Waals surface area contributed by atoms with Crippen LogP contribution in [0.2, 0.25) is 0 Å². The van der Waals surface area contributed by atoms with Gasteiger partial charge in [-0.2, -0.15) is 10.4 Å². The Balaban J connectivity index is 1.62. The van der Waals surface area contributed by atoms with Gasteiger partial charge in [0.1, 0.15) is 0 Å². The fourth-order valence-corrected chi connectivity index (χ4v) is 5.45. The van der Waals surface area contributed by atoms with Crippen LogP contribution in [0.4, 0.5) is 5.69 Å². The maximum Gasteiger partial charge on any atom is 0.251 e. The molecule has 3 rings (SSSR count). The second-order valence-electron chi connectivity index (χ2n) is 11.1. The Hall–Kier alpha value is -2.17. The van der Waals surface area contributed by atoms with Crippen molar-refractivity contribution in [1.29, 1.82) is 5.26 Å². The SMILES string of the molecule is CC(C)(C)N=NNc1ccc(C(=O)NC2C(C)(C)C(O[C@@H]3C(Cl)CC3C#N)C2(C)C)cc1. The number of alkyl halides is 1. The zero-order valence-electron chi connectivity index (χ0n) is 19.9. The molecule has 2 fully saturated rings. The molecule has 2 aliphatic carbocycles. The first-order chi connectivity index (χ1) is 14.8. The monoisotopic (exact) mass is 459 g/mol. The van der Waals surface area contributed by atoms with E-state index in [0.29, 0.717) is 12.0 Å². The van der Waals surface area contributed by atoms with Crippen molar-refractivity contribution in [3.8, 4) is 6.07 Å². The number of nitrogens with one attached hydrogen (secondary N) is 2. The van der Waals surface area contributed by atoms with Crippen molar-refractivity contribution in [2.24, 2.45) is 27.1 Å². The minimum Gasteiger partial charge on any atom is -0.371 e. The normalized spacial score (nSPS) is 30.7. The Bertz CT molecular complexity index is 898. The van der Waals surface area contributed by atoms with Crippen molar-refractivity contribution in [2.45, 2.75) is 84.1 Å². The lowest BCUT2D eigenvalue weighted by Gasteiger charge is -2.65. The van der Waals surface area contributed by atoms with Crippen LogP contribution in [-0.2, 0) is 4.74 Å². The van der Waals surface area contributed by atoms with E-state index in [4.69, 9.17) is 16.3 Å². The lowest BCUT2D eigenvalue weighted by atomic mass is 9.49. The van der Waals surface area contributed by atoms with E-state index in [0.717, 1.165) is 5.69 Å². The average Bonchev–Trinajstić information content (AvgIpc) is 2.69. The number of anilines is 1. The Labute approximate surface area is 195 Å². The van der Waals surface area contributed by atoms with E-state index in [2.05, 4.69) is 54.8 Å². The summed E-state index contributed by atoms with van der Waals surface area (Å²) >= 11 is 6.30. The Morgan fingerprint density at radius 2 is 1.78 bits per heavy atom. The van der Waals surface area contributed by atoms with E-state index in [-0.39, 0.29) is 51.8 Å². The van der Waals surface area contributed by atoms with E-state index in [1.54, 1.807) is 24.3 Å². The third-order valence-corrected chi connectivity index (χ3v) is 6.91. The summed E-state index contributed by atoms with van der Waals surface area (Å²) in [6, 6.07) is 9.34. The van der Waals surface area contributed by atoms with Crippen LogP contribution in [0, 0.1) is 28.1 Å². The third kappa shape index (κ3) is 4.77. The number of carbonyl (C=O) groups excluding carboxylic acids is 1. The van der Waals surface area contributed by atoms with Gasteiger partial charge in [-0.25, -0.2) is 0 Å². The van der Waals surface area contributed by atoms with E-state index < -0.39 is 0 Å². The van der Waals surface area contributed by atoms with Gasteiger partial charge in [-0.1, -0.05) is 32.9 Å². The quantitative estimate of drug-likeness (QED) is 0.341. The highest BCUT2D eigenvalue weighted by atomic mass is 35.5. The lowest BCUT2D eigenvalue weighted by molar-refractivity contribution is -0.243. The van der Waals surface area contributed by atoms with Gasteiger partial charge in [-0.3, -0.25) is 10.2 Å². The highest BCUT2D eigenvalue weighted by Crippen LogP contribution is 2.57. The van der Waals surface area contributed by atoms with Crippen molar-refractivity contribution in [1.82, 2.24) is 5.32 Å². The molecule has 0 bridgehead atoms. The number of ether oxygens (including phenoxy) is 1. The van der Waals surface area contributed by atoms with Crippen LogP contribution in [0.3, 0.4) is 0 Å². The molecule has 3 atom stereocenters. The molecule has 0 heterocycles. The molecule has 7 nitrogen and oxygen atoms in total. The van der Waals surface area contributed by atoms with Gasteiger partial charge in [-0.15, -0.1) is 11.6 Å². The fraction of sp³-hybridized carbons (Fsp3) is 0.667. The number of nitriles is 1. The molecule has 0 aliphatic heterocycles. The second kappa shape index (κ2) is 8.64. The number of amides is 1. The first-order valence-corrected chi connectivity index (χ1v) is 11.5. The molecule has 32 heavy (non-hydrogen) atoms. The van der Waals surface area contributed by atoms with Crippen molar-refractivity contribution in [3.05, 3.63) is 29.8 Å². The van der Waals surface area contributed by atoms with E-state index >= 15 is 0 Å².